The van der Waals surface area contributed by atoms with E-state index in [0.29, 0.717) is 0 Å². The van der Waals surface area contributed by atoms with Gasteiger partial charge in [-0.05, 0) is 44.1 Å². The maximum Gasteiger partial charge on any atom is 0.0118 e. The van der Waals surface area contributed by atoms with Crippen LogP contribution in [0, 0.1) is 17.8 Å². The molecule has 1 heteroatoms. The van der Waals surface area contributed by atoms with Crippen LogP contribution in [-0.4, -0.2) is 13.1 Å². The van der Waals surface area contributed by atoms with Gasteiger partial charge >= 0.3 is 0 Å². The molecule has 0 spiro atoms. The van der Waals surface area contributed by atoms with Gasteiger partial charge in [-0.25, -0.2) is 0 Å². The Morgan fingerprint density at radius 3 is 2.46 bits per heavy atom. The van der Waals surface area contributed by atoms with Crippen molar-refractivity contribution in [3.63, 3.8) is 0 Å². The predicted molar refractivity (Wildman–Crippen MR) is 58.8 cm³/mol. The first-order chi connectivity index (χ1) is 6.19. The third kappa shape index (κ3) is 2.70. The Balaban J connectivity index is 2.54. The monoisotopic (exact) mass is 183 g/mol. The van der Waals surface area contributed by atoms with Gasteiger partial charge in [0.15, 0.2) is 0 Å². The lowest BCUT2D eigenvalue weighted by Gasteiger charge is -2.39. The Morgan fingerprint density at radius 1 is 1.23 bits per heavy atom. The van der Waals surface area contributed by atoms with Crippen molar-refractivity contribution in [2.75, 3.05) is 7.05 Å². The zero-order chi connectivity index (χ0) is 9.84. The summed E-state index contributed by atoms with van der Waals surface area (Å²) in [6.07, 6.45) is 5.58. The second-order valence-electron chi connectivity index (χ2n) is 4.92. The quantitative estimate of drug-likeness (QED) is 0.709. The average molecular weight is 183 g/mol. The molecule has 0 aromatic heterocycles. The minimum atomic E-state index is 0.774. The van der Waals surface area contributed by atoms with Crippen LogP contribution in [0.4, 0.5) is 0 Å². The van der Waals surface area contributed by atoms with Crippen LogP contribution in [0.25, 0.3) is 0 Å². The first-order valence-electron chi connectivity index (χ1n) is 5.86. The molecule has 1 aliphatic carbocycles. The summed E-state index contributed by atoms with van der Waals surface area (Å²) in [6, 6.07) is 0.774. The van der Waals surface area contributed by atoms with Crippen molar-refractivity contribution in [2.45, 2.75) is 52.5 Å². The average Bonchev–Trinajstić information content (AvgIpc) is 2.04. The number of rotatable bonds is 3. The molecule has 1 rings (SSSR count). The van der Waals surface area contributed by atoms with Crippen molar-refractivity contribution in [2.24, 2.45) is 17.8 Å². The summed E-state index contributed by atoms with van der Waals surface area (Å²) in [5, 5.41) is 3.51. The van der Waals surface area contributed by atoms with E-state index in [-0.39, 0.29) is 0 Å². The third-order valence-corrected chi connectivity index (χ3v) is 3.59. The van der Waals surface area contributed by atoms with Gasteiger partial charge in [0.1, 0.15) is 0 Å². The molecule has 78 valence electrons. The van der Waals surface area contributed by atoms with Crippen molar-refractivity contribution in [3.05, 3.63) is 0 Å². The Labute approximate surface area is 83.3 Å². The van der Waals surface area contributed by atoms with Crippen molar-refractivity contribution in [1.82, 2.24) is 5.32 Å². The molecule has 0 aromatic rings. The molecule has 4 unspecified atom stereocenters. The fourth-order valence-corrected chi connectivity index (χ4v) is 3.19. The molecule has 1 fully saturated rings. The zero-order valence-electron chi connectivity index (χ0n) is 9.64. The fraction of sp³-hybridized carbons (Fsp3) is 1.00. The molecule has 13 heavy (non-hydrogen) atoms. The lowest BCUT2D eigenvalue weighted by atomic mass is 9.71. The van der Waals surface area contributed by atoms with Gasteiger partial charge in [-0.2, -0.15) is 0 Å². The molecule has 0 radical (unpaired) electrons. The van der Waals surface area contributed by atoms with E-state index in [1.165, 1.54) is 25.7 Å². The van der Waals surface area contributed by atoms with E-state index >= 15 is 0 Å². The molecule has 1 nitrogen and oxygen atoms in total. The summed E-state index contributed by atoms with van der Waals surface area (Å²) in [6.45, 7) is 7.11. The third-order valence-electron chi connectivity index (χ3n) is 3.59. The molecule has 0 amide bonds. The molecule has 0 bridgehead atoms. The Morgan fingerprint density at radius 2 is 1.92 bits per heavy atom. The summed E-state index contributed by atoms with van der Waals surface area (Å²) in [5.74, 6) is 2.73. The SMILES string of the molecule is CCCC1CC(C)CC(C)C1NC. The Bertz CT molecular complexity index is 144. The van der Waals surface area contributed by atoms with Crippen LogP contribution in [0.2, 0.25) is 0 Å². The highest BCUT2D eigenvalue weighted by atomic mass is 14.9. The highest BCUT2D eigenvalue weighted by molar-refractivity contribution is 4.86. The molecule has 0 saturated heterocycles. The van der Waals surface area contributed by atoms with Crippen LogP contribution in [0.5, 0.6) is 0 Å². The van der Waals surface area contributed by atoms with Crippen molar-refractivity contribution < 1.29 is 0 Å². The summed E-state index contributed by atoms with van der Waals surface area (Å²) in [5.41, 5.74) is 0. The van der Waals surface area contributed by atoms with Crippen LogP contribution < -0.4 is 5.32 Å². The van der Waals surface area contributed by atoms with Gasteiger partial charge in [0.2, 0.25) is 0 Å². The summed E-state index contributed by atoms with van der Waals surface area (Å²) >= 11 is 0. The molecule has 1 aliphatic rings. The zero-order valence-corrected chi connectivity index (χ0v) is 9.64. The minimum Gasteiger partial charge on any atom is -0.316 e. The van der Waals surface area contributed by atoms with Gasteiger partial charge in [-0.3, -0.25) is 0 Å². The summed E-state index contributed by atoms with van der Waals surface area (Å²) in [4.78, 5) is 0. The Kier molecular flexibility index (Phi) is 4.24. The van der Waals surface area contributed by atoms with Gasteiger partial charge in [0.25, 0.3) is 0 Å². The van der Waals surface area contributed by atoms with Crippen LogP contribution >= 0.6 is 0 Å². The highest BCUT2D eigenvalue weighted by Gasteiger charge is 2.31. The normalized spacial score (nSPS) is 40.6. The van der Waals surface area contributed by atoms with Crippen molar-refractivity contribution in [3.8, 4) is 0 Å². The van der Waals surface area contributed by atoms with E-state index in [2.05, 4.69) is 33.1 Å². The maximum absolute atomic E-state index is 3.51. The van der Waals surface area contributed by atoms with E-state index in [1.807, 2.05) is 0 Å². The second kappa shape index (κ2) is 4.99. The summed E-state index contributed by atoms with van der Waals surface area (Å²) in [7, 11) is 2.12. The molecule has 0 heterocycles. The van der Waals surface area contributed by atoms with Gasteiger partial charge in [0, 0.05) is 6.04 Å². The second-order valence-corrected chi connectivity index (χ2v) is 4.92. The molecule has 0 aromatic carbocycles. The van der Waals surface area contributed by atoms with Crippen LogP contribution in [-0.2, 0) is 0 Å². The van der Waals surface area contributed by atoms with Gasteiger partial charge in [-0.1, -0.05) is 27.2 Å². The van der Waals surface area contributed by atoms with E-state index in [1.54, 1.807) is 0 Å². The Hall–Kier alpha value is -0.0400. The smallest absolute Gasteiger partial charge is 0.0118 e. The van der Waals surface area contributed by atoms with Crippen LogP contribution in [0.1, 0.15) is 46.5 Å². The van der Waals surface area contributed by atoms with E-state index in [4.69, 9.17) is 0 Å². The highest BCUT2D eigenvalue weighted by Crippen LogP contribution is 2.35. The van der Waals surface area contributed by atoms with Crippen LogP contribution in [0.15, 0.2) is 0 Å². The molecular weight excluding hydrogens is 158 g/mol. The van der Waals surface area contributed by atoms with Crippen molar-refractivity contribution >= 4 is 0 Å². The van der Waals surface area contributed by atoms with Gasteiger partial charge < -0.3 is 5.32 Å². The number of hydrogen-bond donors (Lipinski definition) is 1. The summed E-state index contributed by atoms with van der Waals surface area (Å²) < 4.78 is 0. The first-order valence-corrected chi connectivity index (χ1v) is 5.86. The number of nitrogens with one attached hydrogen (secondary N) is 1. The van der Waals surface area contributed by atoms with Crippen LogP contribution in [0.3, 0.4) is 0 Å². The fourth-order valence-electron chi connectivity index (χ4n) is 3.19. The standard InChI is InChI=1S/C12H25N/c1-5-6-11-8-9(2)7-10(3)12(11)13-4/h9-13H,5-8H2,1-4H3. The lowest BCUT2D eigenvalue weighted by molar-refractivity contribution is 0.150. The topological polar surface area (TPSA) is 12.0 Å². The molecule has 1 saturated carbocycles. The van der Waals surface area contributed by atoms with Gasteiger partial charge in [-0.15, -0.1) is 0 Å². The van der Waals surface area contributed by atoms with E-state index in [9.17, 15) is 0 Å². The molecule has 4 atom stereocenters. The minimum absolute atomic E-state index is 0.774. The molecule has 1 N–H and O–H groups in total. The van der Waals surface area contributed by atoms with E-state index < -0.39 is 0 Å². The molecule has 0 aliphatic heterocycles. The largest absolute Gasteiger partial charge is 0.316 e. The van der Waals surface area contributed by atoms with E-state index in [0.717, 1.165) is 23.8 Å². The number of hydrogen-bond acceptors (Lipinski definition) is 1. The predicted octanol–water partition coefficient (Wildman–Crippen LogP) is 3.06. The maximum atomic E-state index is 3.51. The van der Waals surface area contributed by atoms with Crippen molar-refractivity contribution in [1.29, 1.82) is 0 Å². The first kappa shape index (κ1) is 11.0. The lowest BCUT2D eigenvalue weighted by Crippen LogP contribution is -2.43. The van der Waals surface area contributed by atoms with Gasteiger partial charge in [0.05, 0.1) is 0 Å². The molecular formula is C12H25N.